The van der Waals surface area contributed by atoms with Crippen molar-refractivity contribution in [1.82, 2.24) is 9.97 Å². The van der Waals surface area contributed by atoms with E-state index in [1.807, 2.05) is 31.2 Å². The maximum atomic E-state index is 6.38. The minimum absolute atomic E-state index is 0.120. The maximum absolute atomic E-state index is 6.38. The summed E-state index contributed by atoms with van der Waals surface area (Å²) in [6, 6.07) is 7.91. The number of aryl methyl sites for hydroxylation is 1. The highest BCUT2D eigenvalue weighted by Crippen LogP contribution is 2.43. The first-order valence-electron chi connectivity index (χ1n) is 6.93. The number of rotatable bonds is 4. The van der Waals surface area contributed by atoms with Crippen molar-refractivity contribution in [3.8, 4) is 11.1 Å². The fourth-order valence-electron chi connectivity index (χ4n) is 2.53. The molecule has 2 aromatic rings. The first-order valence-corrected chi connectivity index (χ1v) is 7.69. The van der Waals surface area contributed by atoms with Gasteiger partial charge in [0.05, 0.1) is 5.56 Å². The predicted octanol–water partition coefficient (Wildman–Crippen LogP) is 4.86. The Morgan fingerprint density at radius 1 is 1.14 bits per heavy atom. The first kappa shape index (κ1) is 14.8. The summed E-state index contributed by atoms with van der Waals surface area (Å²) in [6.07, 6.45) is 2.15. The molecule has 21 heavy (non-hydrogen) atoms. The molecule has 1 aromatic carbocycles. The fourth-order valence-corrected chi connectivity index (χ4v) is 3.14. The molecule has 3 nitrogen and oxygen atoms in total. The normalized spacial score (nSPS) is 16.0. The first-order chi connectivity index (χ1) is 10.1. The number of nitrogens with zero attached hydrogens (tertiary/aromatic N) is 2. The number of aromatic nitrogens is 2. The topological polar surface area (TPSA) is 35.0 Å². The SMILES string of the molecule is COC(c1nc(Cl)c(-c2ccccc2C)c(Cl)n1)C1CC1. The Balaban J connectivity index is 2.06. The van der Waals surface area contributed by atoms with Gasteiger partial charge in [-0.25, -0.2) is 9.97 Å². The lowest BCUT2D eigenvalue weighted by Crippen LogP contribution is -2.10. The van der Waals surface area contributed by atoms with Crippen LogP contribution in [-0.4, -0.2) is 17.1 Å². The molecule has 1 unspecified atom stereocenters. The highest BCUT2D eigenvalue weighted by Gasteiger charge is 2.35. The molecule has 1 aromatic heterocycles. The van der Waals surface area contributed by atoms with Crippen molar-refractivity contribution in [3.05, 3.63) is 46.0 Å². The van der Waals surface area contributed by atoms with Crippen LogP contribution in [0.2, 0.25) is 10.3 Å². The van der Waals surface area contributed by atoms with Crippen molar-refractivity contribution < 1.29 is 4.74 Å². The molecule has 1 heterocycles. The minimum Gasteiger partial charge on any atom is -0.373 e. The summed E-state index contributed by atoms with van der Waals surface area (Å²) < 4.78 is 5.50. The van der Waals surface area contributed by atoms with Crippen LogP contribution in [0.15, 0.2) is 24.3 Å². The Bertz CT molecular complexity index is 648. The zero-order chi connectivity index (χ0) is 15.0. The molecular weight excluding hydrogens is 307 g/mol. The molecule has 5 heteroatoms. The van der Waals surface area contributed by atoms with Gasteiger partial charge in [0.1, 0.15) is 16.4 Å². The summed E-state index contributed by atoms with van der Waals surface area (Å²) in [5, 5.41) is 0.754. The smallest absolute Gasteiger partial charge is 0.160 e. The van der Waals surface area contributed by atoms with Crippen molar-refractivity contribution in [3.63, 3.8) is 0 Å². The second-order valence-electron chi connectivity index (χ2n) is 5.35. The van der Waals surface area contributed by atoms with Crippen LogP contribution >= 0.6 is 23.2 Å². The molecule has 1 aliphatic rings. The largest absolute Gasteiger partial charge is 0.373 e. The fraction of sp³-hybridized carbons (Fsp3) is 0.375. The van der Waals surface area contributed by atoms with Gasteiger partial charge in [0.2, 0.25) is 0 Å². The molecule has 1 aliphatic carbocycles. The van der Waals surface area contributed by atoms with Gasteiger partial charge >= 0.3 is 0 Å². The quantitative estimate of drug-likeness (QED) is 0.754. The average Bonchev–Trinajstić information content (AvgIpc) is 3.26. The molecule has 0 radical (unpaired) electrons. The number of benzene rings is 1. The molecule has 0 aliphatic heterocycles. The summed E-state index contributed by atoms with van der Waals surface area (Å²) in [5.41, 5.74) is 2.73. The average molecular weight is 323 g/mol. The molecular formula is C16H16Cl2N2O. The molecule has 0 bridgehead atoms. The van der Waals surface area contributed by atoms with Crippen LogP contribution in [0, 0.1) is 12.8 Å². The van der Waals surface area contributed by atoms with Crippen LogP contribution in [0.5, 0.6) is 0 Å². The van der Waals surface area contributed by atoms with Crippen molar-refractivity contribution in [2.24, 2.45) is 5.92 Å². The van der Waals surface area contributed by atoms with Gasteiger partial charge in [-0.2, -0.15) is 0 Å². The van der Waals surface area contributed by atoms with Gasteiger partial charge in [-0.1, -0.05) is 47.5 Å². The summed E-state index contributed by atoms with van der Waals surface area (Å²) in [7, 11) is 1.67. The number of hydrogen-bond acceptors (Lipinski definition) is 3. The van der Waals surface area contributed by atoms with Crippen molar-refractivity contribution >= 4 is 23.2 Å². The number of methoxy groups -OCH3 is 1. The Morgan fingerprint density at radius 3 is 2.29 bits per heavy atom. The van der Waals surface area contributed by atoms with Crippen LogP contribution in [0.1, 0.15) is 30.3 Å². The van der Waals surface area contributed by atoms with E-state index < -0.39 is 0 Å². The number of hydrogen-bond donors (Lipinski definition) is 0. The standard InChI is InChI=1S/C16H16Cl2N2O/c1-9-5-3-4-6-11(9)12-14(17)19-16(20-15(12)18)13(21-2)10-7-8-10/h3-6,10,13H,7-8H2,1-2H3. The third-order valence-corrected chi connectivity index (χ3v) is 4.36. The minimum atomic E-state index is -0.120. The summed E-state index contributed by atoms with van der Waals surface area (Å²) in [6.45, 7) is 2.01. The maximum Gasteiger partial charge on any atom is 0.160 e. The third-order valence-electron chi connectivity index (χ3n) is 3.81. The third kappa shape index (κ3) is 2.91. The lowest BCUT2D eigenvalue weighted by Gasteiger charge is -2.16. The van der Waals surface area contributed by atoms with Crippen LogP contribution in [0.25, 0.3) is 11.1 Å². The van der Waals surface area contributed by atoms with Gasteiger partial charge in [0.25, 0.3) is 0 Å². The predicted molar refractivity (Wildman–Crippen MR) is 84.7 cm³/mol. The van der Waals surface area contributed by atoms with E-state index in [1.165, 1.54) is 0 Å². The van der Waals surface area contributed by atoms with Gasteiger partial charge in [0.15, 0.2) is 5.82 Å². The lowest BCUT2D eigenvalue weighted by molar-refractivity contribution is 0.0772. The van der Waals surface area contributed by atoms with E-state index in [0.717, 1.165) is 24.0 Å². The van der Waals surface area contributed by atoms with Gasteiger partial charge in [-0.05, 0) is 36.8 Å². The van der Waals surface area contributed by atoms with E-state index in [1.54, 1.807) is 7.11 Å². The Morgan fingerprint density at radius 2 is 1.76 bits per heavy atom. The molecule has 0 saturated heterocycles. The van der Waals surface area contributed by atoms with Gasteiger partial charge in [-0.15, -0.1) is 0 Å². The Hall–Kier alpha value is -1.16. The molecule has 0 amide bonds. The van der Waals surface area contributed by atoms with Gasteiger partial charge in [-0.3, -0.25) is 0 Å². The van der Waals surface area contributed by atoms with Crippen molar-refractivity contribution in [1.29, 1.82) is 0 Å². The van der Waals surface area contributed by atoms with E-state index in [0.29, 0.717) is 27.6 Å². The van der Waals surface area contributed by atoms with E-state index in [4.69, 9.17) is 27.9 Å². The highest BCUT2D eigenvalue weighted by molar-refractivity contribution is 6.37. The number of ether oxygens (including phenoxy) is 1. The summed E-state index contributed by atoms with van der Waals surface area (Å²) in [4.78, 5) is 8.86. The van der Waals surface area contributed by atoms with E-state index in [2.05, 4.69) is 9.97 Å². The van der Waals surface area contributed by atoms with E-state index >= 15 is 0 Å². The zero-order valence-corrected chi connectivity index (χ0v) is 13.4. The number of halogens is 2. The lowest BCUT2D eigenvalue weighted by atomic mass is 10.0. The monoisotopic (exact) mass is 322 g/mol. The molecule has 110 valence electrons. The second-order valence-corrected chi connectivity index (χ2v) is 6.06. The molecule has 3 rings (SSSR count). The zero-order valence-electron chi connectivity index (χ0n) is 11.9. The van der Waals surface area contributed by atoms with Crippen molar-refractivity contribution in [2.75, 3.05) is 7.11 Å². The molecule has 1 fully saturated rings. The summed E-state index contributed by atoms with van der Waals surface area (Å²) in [5.74, 6) is 1.05. The molecule has 0 N–H and O–H groups in total. The van der Waals surface area contributed by atoms with Crippen molar-refractivity contribution in [2.45, 2.75) is 25.9 Å². The van der Waals surface area contributed by atoms with Gasteiger partial charge in [0, 0.05) is 7.11 Å². The summed E-state index contributed by atoms with van der Waals surface area (Å²) >= 11 is 12.8. The van der Waals surface area contributed by atoms with Gasteiger partial charge < -0.3 is 4.74 Å². The van der Waals surface area contributed by atoms with Crippen LogP contribution < -0.4 is 0 Å². The van der Waals surface area contributed by atoms with E-state index in [9.17, 15) is 0 Å². The molecule has 1 atom stereocenters. The van der Waals surface area contributed by atoms with Crippen LogP contribution in [-0.2, 0) is 4.74 Å². The Labute approximate surface area is 134 Å². The second kappa shape index (κ2) is 5.91. The molecule has 0 spiro atoms. The highest BCUT2D eigenvalue weighted by atomic mass is 35.5. The van der Waals surface area contributed by atoms with Crippen LogP contribution in [0.3, 0.4) is 0 Å². The van der Waals surface area contributed by atoms with E-state index in [-0.39, 0.29) is 6.10 Å². The van der Waals surface area contributed by atoms with Crippen LogP contribution in [0.4, 0.5) is 0 Å². The molecule has 1 saturated carbocycles. The Kier molecular flexibility index (Phi) is 4.16.